The Morgan fingerprint density at radius 1 is 0.588 bits per heavy atom. The molecule has 0 bridgehead atoms. The number of hydrogen-bond donors (Lipinski definition) is 17. The fourth-order valence-corrected chi connectivity index (χ4v) is 12.6. The van der Waals surface area contributed by atoms with E-state index < -0.39 is 177 Å². The number of hydrogen-bond acceptors (Lipinski definition) is 21. The highest BCUT2D eigenvalue weighted by Crippen LogP contribution is 2.25. The average Bonchev–Trinajstić information content (AvgIpc) is 1.76. The van der Waals surface area contributed by atoms with Crippen LogP contribution >= 0.6 is 21.6 Å². The normalized spacial score (nSPS) is 19.8. The number of aromatic amines is 1. The minimum Gasteiger partial charge on any atom is -0.480 e. The van der Waals surface area contributed by atoms with E-state index in [2.05, 4.69) is 47.5 Å². The number of aliphatic hydroxyl groups excluding tert-OH is 3. The first-order chi connectivity index (χ1) is 46.2. The van der Waals surface area contributed by atoms with Crippen molar-refractivity contribution in [3.8, 4) is 0 Å². The molecule has 0 spiro atoms. The largest absolute Gasteiger partial charge is 0.480 e. The summed E-state index contributed by atoms with van der Waals surface area (Å²) in [6, 6.07) is 11.7. The molecule has 5 rings (SSSR count). The first kappa shape index (κ1) is 79.0. The second kappa shape index (κ2) is 40.7. The summed E-state index contributed by atoms with van der Waals surface area (Å²) in [7, 11) is 1.77. The van der Waals surface area contributed by atoms with E-state index in [1.165, 1.54) is 18.7 Å². The number of aromatic nitrogens is 1. The van der Waals surface area contributed by atoms with Crippen molar-refractivity contribution in [2.24, 2.45) is 5.73 Å². The van der Waals surface area contributed by atoms with Crippen LogP contribution in [0.4, 0.5) is 0 Å². The van der Waals surface area contributed by atoms with E-state index in [-0.39, 0.29) is 70.6 Å². The molecule has 4 aromatic rings. The summed E-state index contributed by atoms with van der Waals surface area (Å²) in [5.74, 6) is -13.8. The number of benzene rings is 3. The van der Waals surface area contributed by atoms with Crippen molar-refractivity contribution in [3.63, 3.8) is 0 Å². The Morgan fingerprint density at radius 2 is 1.10 bits per heavy atom. The van der Waals surface area contributed by atoms with Gasteiger partial charge in [-0.1, -0.05) is 100 Å². The number of aliphatic carboxylic acids is 4. The van der Waals surface area contributed by atoms with Crippen LogP contribution in [0.5, 0.6) is 0 Å². The van der Waals surface area contributed by atoms with Gasteiger partial charge in [0.05, 0.1) is 57.6 Å². The monoisotopic (exact) mass is 1390 g/mol. The standard InChI is InChI=1S/C63H87N13O19S2/c1-37(78)48(34-77)70-62(94)50-36-97-96-35-49(71-58(90)45(25-39-13-5-3-6-14-39)66-51(80)29-75(31-53(83)84)23-21-74(30-52(81)82)22-24-76(32-54(85)86)33-55(87)88)61(93)68-46(26-40-15-7-4-8-16-40)59(91)69-47(27-41-28-65-43-18-10-9-17-42(41)43)60(92)67-44(19-11-12-20-64)57(89)73-56(38(2)79)63(95)72-50/h3-10,13-18,28,37-38,44-50,56,65,77-79H,11-12,19-27,29-36,64H2,1-2H3,(H,66,80)(H,67,92)(H,68,93)(H,69,91)(H,70,94)(H,71,90)(H,72,95)(H,73,89)(H,81,82)(H,83,84)(H,85,86)(H,87,88)/t37-,38-,44+,45-,46?,47-,48-,49-,50?,56?/m1/s1. The van der Waals surface area contributed by atoms with Crippen LogP contribution in [-0.2, 0) is 76.8 Å². The summed E-state index contributed by atoms with van der Waals surface area (Å²) < 4.78 is 0. The van der Waals surface area contributed by atoms with Gasteiger partial charge in [0.25, 0.3) is 0 Å². The number of nitrogens with one attached hydrogen (secondary N) is 9. The van der Waals surface area contributed by atoms with Gasteiger partial charge in [0, 0.05) is 74.0 Å². The van der Waals surface area contributed by atoms with Gasteiger partial charge in [-0.25, -0.2) is 0 Å². The van der Waals surface area contributed by atoms with Crippen LogP contribution in [0, 0.1) is 0 Å². The van der Waals surface area contributed by atoms with Gasteiger partial charge in [0.15, 0.2) is 0 Å². The van der Waals surface area contributed by atoms with Crippen molar-refractivity contribution in [1.29, 1.82) is 0 Å². The van der Waals surface area contributed by atoms with E-state index >= 15 is 9.59 Å². The minimum atomic E-state index is -1.78. The Kier molecular flexibility index (Phi) is 33.2. The number of fused-ring (bicyclic) bond motifs is 1. The summed E-state index contributed by atoms with van der Waals surface area (Å²) in [6.45, 7) is -2.46. The van der Waals surface area contributed by atoms with E-state index in [0.717, 1.165) is 31.4 Å². The number of carbonyl (C=O) groups is 12. The second-order valence-corrected chi connectivity index (χ2v) is 25.8. The van der Waals surface area contributed by atoms with Gasteiger partial charge in [-0.05, 0) is 62.4 Å². The zero-order valence-electron chi connectivity index (χ0n) is 53.6. The van der Waals surface area contributed by atoms with Crippen molar-refractivity contribution in [1.82, 2.24) is 62.2 Å². The van der Waals surface area contributed by atoms with Gasteiger partial charge in [-0.3, -0.25) is 72.2 Å². The van der Waals surface area contributed by atoms with Crippen LogP contribution < -0.4 is 48.3 Å². The van der Waals surface area contributed by atoms with E-state index in [0.29, 0.717) is 34.0 Å². The zero-order valence-corrected chi connectivity index (χ0v) is 55.3. The quantitative estimate of drug-likeness (QED) is 0.0160. The second-order valence-electron chi connectivity index (χ2n) is 23.3. The van der Waals surface area contributed by atoms with Crippen LogP contribution in [-0.4, -0.2) is 271 Å². The van der Waals surface area contributed by atoms with Gasteiger partial charge in [-0.2, -0.15) is 0 Å². The smallest absolute Gasteiger partial charge is 0.317 e. The number of nitrogens with two attached hydrogens (primary N) is 1. The molecule has 32 nitrogen and oxygen atoms in total. The Balaban J connectivity index is 1.57. The number of amides is 8. The Hall–Kier alpha value is -8.74. The van der Waals surface area contributed by atoms with E-state index in [1.54, 1.807) is 91.1 Å². The van der Waals surface area contributed by atoms with E-state index in [4.69, 9.17) is 5.73 Å². The Bertz CT molecular complexity index is 3280. The number of carboxylic acids is 4. The SMILES string of the molecule is C[C@@H](O)C1NC(=O)[C@H](CCCCN)NC(=O)[C@@H](Cc2c[nH]c3ccccc23)NC(=O)C(Cc2ccccc2)NC(=O)[C@H](NC(=O)[C@@H](Cc2ccccc2)NC(=O)CN(CCN(CCN(CC(=O)O)CC(=O)O)CC(=O)O)CC(=O)O)CSSCC(C(=O)N[C@H](CO)[C@@H](C)O)NC1=O. The molecular weight excluding hydrogens is 1310 g/mol. The third-order valence-electron chi connectivity index (χ3n) is 15.4. The summed E-state index contributed by atoms with van der Waals surface area (Å²) in [5, 5.41) is 91.6. The summed E-state index contributed by atoms with van der Waals surface area (Å²) in [4.78, 5) is 171. The molecule has 0 radical (unpaired) electrons. The molecule has 0 saturated carbocycles. The molecule has 3 aromatic carbocycles. The highest BCUT2D eigenvalue weighted by Gasteiger charge is 2.37. The number of aliphatic hydroxyl groups is 3. The molecule has 3 unspecified atom stereocenters. The molecule has 18 N–H and O–H groups in total. The van der Waals surface area contributed by atoms with Gasteiger partial charge in [0.2, 0.25) is 47.3 Å². The number of nitrogens with zero attached hydrogens (tertiary/aromatic N) is 3. The highest BCUT2D eigenvalue weighted by molar-refractivity contribution is 8.76. The number of carbonyl (C=O) groups excluding carboxylic acids is 8. The van der Waals surface area contributed by atoms with Gasteiger partial charge in [0.1, 0.15) is 42.3 Å². The lowest BCUT2D eigenvalue weighted by atomic mass is 10.0. The summed E-state index contributed by atoms with van der Waals surface area (Å²) in [6.07, 6.45) is -1.31. The third kappa shape index (κ3) is 27.7. The van der Waals surface area contributed by atoms with Gasteiger partial charge < -0.3 is 89.0 Å². The molecule has 1 aliphatic heterocycles. The Labute approximate surface area is 566 Å². The zero-order chi connectivity index (χ0) is 71.1. The molecule has 1 aliphatic rings. The highest BCUT2D eigenvalue weighted by atomic mass is 33.1. The topological polar surface area (TPSA) is 494 Å². The van der Waals surface area contributed by atoms with E-state index in [1.807, 2.05) is 0 Å². The predicted molar refractivity (Wildman–Crippen MR) is 356 cm³/mol. The number of carboxylic acid groups (broad SMARTS) is 4. The summed E-state index contributed by atoms with van der Waals surface area (Å²) >= 11 is 0. The van der Waals surface area contributed by atoms with Crippen molar-refractivity contribution in [3.05, 3.63) is 108 Å². The van der Waals surface area contributed by atoms with Crippen molar-refractivity contribution >= 4 is 104 Å². The van der Waals surface area contributed by atoms with Gasteiger partial charge in [-0.15, -0.1) is 0 Å². The van der Waals surface area contributed by atoms with Crippen LogP contribution in [0.25, 0.3) is 10.9 Å². The van der Waals surface area contributed by atoms with Crippen molar-refractivity contribution in [2.75, 3.05) is 83.6 Å². The molecule has 1 aromatic heterocycles. The molecule has 10 atom stereocenters. The fourth-order valence-electron chi connectivity index (χ4n) is 10.3. The van der Waals surface area contributed by atoms with Crippen LogP contribution in [0.1, 0.15) is 49.8 Å². The van der Waals surface area contributed by atoms with Crippen molar-refractivity contribution < 1.29 is 93.3 Å². The maximum Gasteiger partial charge on any atom is 0.317 e. The first-order valence-corrected chi connectivity index (χ1v) is 33.7. The molecule has 1 saturated heterocycles. The lowest BCUT2D eigenvalue weighted by Gasteiger charge is -2.29. The molecule has 8 amide bonds. The van der Waals surface area contributed by atoms with Crippen LogP contribution in [0.15, 0.2) is 91.1 Å². The molecule has 34 heteroatoms. The van der Waals surface area contributed by atoms with Gasteiger partial charge >= 0.3 is 23.9 Å². The first-order valence-electron chi connectivity index (χ1n) is 31.2. The lowest BCUT2D eigenvalue weighted by Crippen LogP contribution is -2.62. The molecule has 97 heavy (non-hydrogen) atoms. The number of H-pyrrole nitrogens is 1. The molecule has 1 fully saturated rings. The number of unbranched alkanes of at least 4 members (excludes halogenated alkanes) is 1. The average molecular weight is 1390 g/mol. The minimum absolute atomic E-state index is 0.0513. The maximum absolute atomic E-state index is 15.2. The predicted octanol–water partition coefficient (Wildman–Crippen LogP) is -3.40. The summed E-state index contributed by atoms with van der Waals surface area (Å²) in [5.41, 5.74) is 8.10. The third-order valence-corrected chi connectivity index (χ3v) is 17.8. The van der Waals surface area contributed by atoms with Crippen LogP contribution in [0.3, 0.4) is 0 Å². The van der Waals surface area contributed by atoms with Crippen molar-refractivity contribution in [2.45, 2.75) is 113 Å². The lowest BCUT2D eigenvalue weighted by molar-refractivity contribution is -0.143. The molecule has 0 aliphatic carbocycles. The van der Waals surface area contributed by atoms with Crippen LogP contribution in [0.2, 0.25) is 0 Å². The molecule has 2 heterocycles. The molecular formula is C63H87N13O19S2. The molecule has 530 valence electrons. The van der Waals surface area contributed by atoms with E-state index in [9.17, 15) is 83.7 Å². The maximum atomic E-state index is 15.2. The number of para-hydroxylation sites is 1. The number of rotatable bonds is 34. The fraction of sp³-hybridized carbons (Fsp3) is 0.492. The Morgan fingerprint density at radius 3 is 1.68 bits per heavy atom.